The van der Waals surface area contributed by atoms with E-state index in [1.807, 2.05) is 42.8 Å². The van der Waals surface area contributed by atoms with Gasteiger partial charge in [-0.15, -0.1) is 0 Å². The van der Waals surface area contributed by atoms with E-state index in [1.165, 1.54) is 0 Å². The van der Waals surface area contributed by atoms with E-state index >= 15 is 0 Å². The van der Waals surface area contributed by atoms with Crippen molar-refractivity contribution in [3.63, 3.8) is 0 Å². The summed E-state index contributed by atoms with van der Waals surface area (Å²) in [7, 11) is 1.89. The van der Waals surface area contributed by atoms with E-state index in [4.69, 9.17) is 5.73 Å². The number of imidazole rings is 1. The Morgan fingerprint density at radius 2 is 1.93 bits per heavy atom. The summed E-state index contributed by atoms with van der Waals surface area (Å²) in [4.78, 5) is 13.4. The molecule has 138 valence electrons. The first-order valence-electron chi connectivity index (χ1n) is 8.86. The lowest BCUT2D eigenvalue weighted by molar-refractivity contribution is 0.814. The fourth-order valence-corrected chi connectivity index (χ4v) is 3.25. The van der Waals surface area contributed by atoms with Gasteiger partial charge in [0.2, 0.25) is 5.95 Å². The predicted molar refractivity (Wildman–Crippen MR) is 110 cm³/mol. The van der Waals surface area contributed by atoms with Crippen molar-refractivity contribution in [3.05, 3.63) is 65.5 Å². The van der Waals surface area contributed by atoms with Gasteiger partial charge in [-0.2, -0.15) is 10.2 Å². The third-order valence-electron chi connectivity index (χ3n) is 4.79. The summed E-state index contributed by atoms with van der Waals surface area (Å²) in [6.45, 7) is 2.52. The van der Waals surface area contributed by atoms with E-state index in [-0.39, 0.29) is 5.95 Å². The van der Waals surface area contributed by atoms with Crippen molar-refractivity contribution in [2.45, 2.75) is 13.5 Å². The minimum Gasteiger partial charge on any atom is -0.388 e. The SMILES string of the molecule is CNc1ccc(Cn2cnc3c(-c4cccc(C#N)c4C)nc(N)nc32)cc1. The lowest BCUT2D eigenvalue weighted by atomic mass is 10.00. The average Bonchev–Trinajstić information content (AvgIpc) is 3.11. The number of nitrogens with zero attached hydrogens (tertiary/aromatic N) is 5. The number of aromatic nitrogens is 4. The Balaban J connectivity index is 1.82. The Bertz CT molecular complexity index is 1200. The molecule has 0 spiro atoms. The number of benzene rings is 2. The van der Waals surface area contributed by atoms with Crippen LogP contribution in [-0.4, -0.2) is 26.6 Å². The number of fused-ring (bicyclic) bond motifs is 1. The molecule has 2 aromatic carbocycles. The lowest BCUT2D eigenvalue weighted by Crippen LogP contribution is -2.04. The second kappa shape index (κ2) is 7.00. The minimum absolute atomic E-state index is 0.177. The molecule has 0 atom stereocenters. The average molecular weight is 369 g/mol. The zero-order valence-electron chi connectivity index (χ0n) is 15.6. The van der Waals surface area contributed by atoms with Crippen molar-refractivity contribution in [1.82, 2.24) is 19.5 Å². The van der Waals surface area contributed by atoms with Crippen molar-refractivity contribution in [3.8, 4) is 17.3 Å². The van der Waals surface area contributed by atoms with E-state index in [2.05, 4.69) is 38.5 Å². The molecular weight excluding hydrogens is 350 g/mol. The van der Waals surface area contributed by atoms with Crippen LogP contribution >= 0.6 is 0 Å². The maximum Gasteiger partial charge on any atom is 0.222 e. The smallest absolute Gasteiger partial charge is 0.222 e. The largest absolute Gasteiger partial charge is 0.388 e. The molecule has 0 aliphatic carbocycles. The van der Waals surface area contributed by atoms with Gasteiger partial charge in [0.1, 0.15) is 11.2 Å². The van der Waals surface area contributed by atoms with Crippen LogP contribution in [0.1, 0.15) is 16.7 Å². The van der Waals surface area contributed by atoms with E-state index < -0.39 is 0 Å². The number of anilines is 2. The van der Waals surface area contributed by atoms with Crippen molar-refractivity contribution in [2.24, 2.45) is 0 Å². The first kappa shape index (κ1) is 17.5. The molecule has 4 rings (SSSR count). The van der Waals surface area contributed by atoms with Gasteiger partial charge in [0.05, 0.1) is 24.5 Å². The topological polar surface area (TPSA) is 105 Å². The number of hydrogen-bond donors (Lipinski definition) is 2. The summed E-state index contributed by atoms with van der Waals surface area (Å²) in [5.74, 6) is 0.177. The van der Waals surface area contributed by atoms with Crippen LogP contribution in [0, 0.1) is 18.3 Å². The van der Waals surface area contributed by atoms with Gasteiger partial charge >= 0.3 is 0 Å². The van der Waals surface area contributed by atoms with E-state index in [0.29, 0.717) is 29.0 Å². The molecular formula is C21H19N7. The van der Waals surface area contributed by atoms with Crippen molar-refractivity contribution < 1.29 is 0 Å². The summed E-state index contributed by atoms with van der Waals surface area (Å²) in [6.07, 6.45) is 1.75. The van der Waals surface area contributed by atoms with Crippen molar-refractivity contribution >= 4 is 22.8 Å². The minimum atomic E-state index is 0.177. The van der Waals surface area contributed by atoms with Crippen LogP contribution in [0.25, 0.3) is 22.4 Å². The van der Waals surface area contributed by atoms with Gasteiger partial charge in [0.15, 0.2) is 5.65 Å². The van der Waals surface area contributed by atoms with Gasteiger partial charge in [-0.1, -0.05) is 24.3 Å². The van der Waals surface area contributed by atoms with Crippen LogP contribution < -0.4 is 11.1 Å². The van der Waals surface area contributed by atoms with E-state index in [0.717, 1.165) is 22.4 Å². The summed E-state index contributed by atoms with van der Waals surface area (Å²) in [5.41, 5.74) is 12.4. The highest BCUT2D eigenvalue weighted by Crippen LogP contribution is 2.30. The Morgan fingerprint density at radius 1 is 1.14 bits per heavy atom. The fourth-order valence-electron chi connectivity index (χ4n) is 3.25. The number of nitrogen functional groups attached to an aromatic ring is 1. The Kier molecular flexibility index (Phi) is 4.38. The van der Waals surface area contributed by atoms with Crippen LogP contribution in [-0.2, 0) is 6.54 Å². The highest BCUT2D eigenvalue weighted by molar-refractivity contribution is 5.89. The molecule has 0 saturated heterocycles. The van der Waals surface area contributed by atoms with Crippen LogP contribution in [0.5, 0.6) is 0 Å². The Hall–Kier alpha value is -3.92. The van der Waals surface area contributed by atoms with Crippen molar-refractivity contribution in [2.75, 3.05) is 18.1 Å². The third kappa shape index (κ3) is 3.01. The summed E-state index contributed by atoms with van der Waals surface area (Å²) in [6, 6.07) is 15.9. The van der Waals surface area contributed by atoms with Gasteiger partial charge in [-0.25, -0.2) is 9.97 Å². The van der Waals surface area contributed by atoms with Crippen molar-refractivity contribution in [1.29, 1.82) is 5.26 Å². The number of nitriles is 1. The number of hydrogen-bond acceptors (Lipinski definition) is 6. The second-order valence-corrected chi connectivity index (χ2v) is 6.51. The summed E-state index contributed by atoms with van der Waals surface area (Å²) >= 11 is 0. The lowest BCUT2D eigenvalue weighted by Gasteiger charge is -2.09. The van der Waals surface area contributed by atoms with Gasteiger partial charge in [-0.3, -0.25) is 0 Å². The van der Waals surface area contributed by atoms with E-state index in [9.17, 15) is 5.26 Å². The molecule has 0 unspecified atom stereocenters. The predicted octanol–water partition coefficient (Wildman–Crippen LogP) is 3.35. The van der Waals surface area contributed by atoms with Gasteiger partial charge < -0.3 is 15.6 Å². The first-order chi connectivity index (χ1) is 13.6. The first-order valence-corrected chi connectivity index (χ1v) is 8.86. The number of nitrogens with two attached hydrogens (primary N) is 1. The molecule has 2 heterocycles. The molecule has 0 aliphatic rings. The fraction of sp³-hybridized carbons (Fsp3) is 0.143. The van der Waals surface area contributed by atoms with Crippen LogP contribution in [0.3, 0.4) is 0 Å². The molecule has 7 nitrogen and oxygen atoms in total. The summed E-state index contributed by atoms with van der Waals surface area (Å²) in [5, 5.41) is 12.4. The van der Waals surface area contributed by atoms with Crippen LogP contribution in [0.4, 0.5) is 11.6 Å². The molecule has 0 aliphatic heterocycles. The molecule has 28 heavy (non-hydrogen) atoms. The molecule has 0 saturated carbocycles. The third-order valence-corrected chi connectivity index (χ3v) is 4.79. The zero-order valence-corrected chi connectivity index (χ0v) is 15.6. The number of rotatable bonds is 4. The van der Waals surface area contributed by atoms with Crippen LogP contribution in [0.2, 0.25) is 0 Å². The maximum absolute atomic E-state index is 9.33. The standard InChI is InChI=1S/C21H19N7/c1-13-15(10-22)4-3-5-17(13)18-19-20(27-21(23)26-18)28(12-25-19)11-14-6-8-16(24-2)9-7-14/h3-9,12,24H,11H2,1-2H3,(H2,23,26,27). The molecule has 4 aromatic rings. The maximum atomic E-state index is 9.33. The molecule has 0 radical (unpaired) electrons. The molecule has 2 aromatic heterocycles. The summed E-state index contributed by atoms with van der Waals surface area (Å²) < 4.78 is 1.95. The molecule has 0 fully saturated rings. The molecule has 3 N–H and O–H groups in total. The molecule has 0 bridgehead atoms. The van der Waals surface area contributed by atoms with Gasteiger partial charge in [-0.05, 0) is 36.2 Å². The second-order valence-electron chi connectivity index (χ2n) is 6.51. The van der Waals surface area contributed by atoms with Gasteiger partial charge in [0, 0.05) is 18.3 Å². The highest BCUT2D eigenvalue weighted by atomic mass is 15.1. The molecule has 0 amide bonds. The quantitative estimate of drug-likeness (QED) is 0.571. The number of nitrogens with one attached hydrogen (secondary N) is 1. The zero-order chi connectivity index (χ0) is 19.7. The highest BCUT2D eigenvalue weighted by Gasteiger charge is 2.16. The monoisotopic (exact) mass is 369 g/mol. The van der Waals surface area contributed by atoms with Gasteiger partial charge in [0.25, 0.3) is 0 Å². The Labute approximate surface area is 162 Å². The Morgan fingerprint density at radius 3 is 2.64 bits per heavy atom. The normalized spacial score (nSPS) is 10.8. The van der Waals surface area contributed by atoms with E-state index in [1.54, 1.807) is 12.4 Å². The molecule has 7 heteroatoms. The van der Waals surface area contributed by atoms with Crippen LogP contribution in [0.15, 0.2) is 48.8 Å².